The second-order valence-corrected chi connectivity index (χ2v) is 2.93. The molecule has 1 atom stereocenters. The standard InChI is InChI=1S/C11H15O2.BrH.Zn/c1-4-9(2)13-11-7-5-10(12-3)6-8-11;;/h5-7,9H,4H2,1-3H3;1H;/q-1;;+2/p-1. The second kappa shape index (κ2) is 9.17. The Kier molecular flexibility index (Phi) is 9.12. The van der Waals surface area contributed by atoms with Gasteiger partial charge in [-0.05, 0) is 13.3 Å². The summed E-state index contributed by atoms with van der Waals surface area (Å²) in [6.45, 7) is 4.13. The summed E-state index contributed by atoms with van der Waals surface area (Å²) in [5.41, 5.74) is 0. The van der Waals surface area contributed by atoms with Crippen molar-refractivity contribution in [1.29, 1.82) is 0 Å². The van der Waals surface area contributed by atoms with Gasteiger partial charge in [-0.2, -0.15) is 0 Å². The molecule has 0 aromatic heterocycles. The molecular weight excluding hydrogens is 309 g/mol. The van der Waals surface area contributed by atoms with Crippen molar-refractivity contribution in [2.24, 2.45) is 0 Å². The molecule has 0 saturated carbocycles. The van der Waals surface area contributed by atoms with Crippen LogP contribution in [0.5, 0.6) is 11.5 Å². The fourth-order valence-electron chi connectivity index (χ4n) is 0.897. The molecule has 0 radical (unpaired) electrons. The van der Waals surface area contributed by atoms with E-state index in [-0.39, 0.29) is 6.10 Å². The van der Waals surface area contributed by atoms with Crippen LogP contribution < -0.4 is 9.47 Å². The molecule has 15 heavy (non-hydrogen) atoms. The second-order valence-electron chi connectivity index (χ2n) is 2.93. The first kappa shape index (κ1) is 14.9. The predicted molar refractivity (Wildman–Crippen MR) is 61.1 cm³/mol. The number of hydrogen-bond donors (Lipinski definition) is 0. The molecule has 0 saturated heterocycles. The number of hydrogen-bond acceptors (Lipinski definition) is 2. The Labute approximate surface area is 108 Å². The maximum atomic E-state index is 5.55. The van der Waals surface area contributed by atoms with Crippen molar-refractivity contribution in [2.45, 2.75) is 26.4 Å². The normalized spacial score (nSPS) is 11.1. The minimum atomic E-state index is 0.240. The average molecular weight is 325 g/mol. The van der Waals surface area contributed by atoms with E-state index in [1.165, 1.54) is 16.3 Å². The van der Waals surface area contributed by atoms with Crippen LogP contribution in [0.25, 0.3) is 0 Å². The number of methoxy groups -OCH3 is 1. The van der Waals surface area contributed by atoms with Crippen LogP contribution in [0.4, 0.5) is 0 Å². The molecule has 0 amide bonds. The molecule has 1 aromatic carbocycles. The van der Waals surface area contributed by atoms with Gasteiger partial charge < -0.3 is 9.47 Å². The van der Waals surface area contributed by atoms with Crippen LogP contribution in [0.3, 0.4) is 0 Å². The van der Waals surface area contributed by atoms with Crippen molar-refractivity contribution in [3.05, 3.63) is 24.3 Å². The van der Waals surface area contributed by atoms with Gasteiger partial charge in [0.05, 0.1) is 13.2 Å². The van der Waals surface area contributed by atoms with E-state index in [1.54, 1.807) is 13.2 Å². The summed E-state index contributed by atoms with van der Waals surface area (Å²) in [6, 6.07) is 8.52. The maximum absolute atomic E-state index is 5.55. The molecule has 0 aliphatic heterocycles. The molecule has 1 unspecified atom stereocenters. The molecule has 0 aliphatic carbocycles. The number of halogens is 1. The minimum absolute atomic E-state index is 0.240. The molecule has 2 nitrogen and oxygen atoms in total. The Morgan fingerprint density at radius 2 is 2.13 bits per heavy atom. The molecule has 1 aromatic rings. The summed E-state index contributed by atoms with van der Waals surface area (Å²) < 4.78 is 10.6. The number of rotatable bonds is 4. The molecular formula is C11H15BrO2Zn. The van der Waals surface area contributed by atoms with Crippen molar-refractivity contribution in [2.75, 3.05) is 7.11 Å². The third-order valence-corrected chi connectivity index (χ3v) is 1.89. The van der Waals surface area contributed by atoms with Crippen LogP contribution in [0.15, 0.2) is 18.2 Å². The fraction of sp³-hybridized carbons (Fsp3) is 0.455. The Bertz CT molecular complexity index is 251. The van der Waals surface area contributed by atoms with E-state index < -0.39 is 0 Å². The van der Waals surface area contributed by atoms with Gasteiger partial charge in [0.25, 0.3) is 0 Å². The number of ether oxygens (including phenoxy) is 2. The van der Waals surface area contributed by atoms with Gasteiger partial charge in [-0.3, -0.25) is 0 Å². The third kappa shape index (κ3) is 6.16. The van der Waals surface area contributed by atoms with Crippen LogP contribution in [-0.4, -0.2) is 13.2 Å². The molecule has 4 heteroatoms. The molecule has 0 aliphatic rings. The Balaban J connectivity index is 0.000000921. The predicted octanol–water partition coefficient (Wildman–Crippen LogP) is 3.52. The van der Waals surface area contributed by atoms with Crippen molar-refractivity contribution >= 4 is 13.6 Å². The summed E-state index contributed by atoms with van der Waals surface area (Å²) in [7, 11) is 1.64. The van der Waals surface area contributed by atoms with Crippen LogP contribution in [0.1, 0.15) is 20.3 Å². The van der Waals surface area contributed by atoms with E-state index in [2.05, 4.69) is 26.6 Å². The van der Waals surface area contributed by atoms with Gasteiger partial charge >= 0.3 is 30.0 Å². The monoisotopic (exact) mass is 322 g/mol. The van der Waals surface area contributed by atoms with E-state index in [0.717, 1.165) is 17.9 Å². The zero-order valence-electron chi connectivity index (χ0n) is 9.42. The average Bonchev–Trinajstić information content (AvgIpc) is 2.32. The van der Waals surface area contributed by atoms with Crippen molar-refractivity contribution in [1.82, 2.24) is 0 Å². The fourth-order valence-corrected chi connectivity index (χ4v) is 0.897. The van der Waals surface area contributed by atoms with E-state index >= 15 is 0 Å². The molecule has 0 bridgehead atoms. The van der Waals surface area contributed by atoms with Crippen LogP contribution in [0, 0.1) is 6.07 Å². The quantitative estimate of drug-likeness (QED) is 0.623. The first-order valence-corrected chi connectivity index (χ1v) is 11.7. The van der Waals surface area contributed by atoms with E-state index in [1.807, 2.05) is 19.1 Å². The van der Waals surface area contributed by atoms with Crippen LogP contribution >= 0.6 is 13.6 Å². The number of benzene rings is 1. The van der Waals surface area contributed by atoms with Gasteiger partial charge in [0.1, 0.15) is 0 Å². The van der Waals surface area contributed by atoms with Gasteiger partial charge in [-0.15, -0.1) is 24.3 Å². The Hall–Kier alpha value is -0.0766. The van der Waals surface area contributed by atoms with Crippen LogP contribution in [0.2, 0.25) is 0 Å². The van der Waals surface area contributed by atoms with Crippen molar-refractivity contribution < 1.29 is 25.8 Å². The van der Waals surface area contributed by atoms with E-state index in [4.69, 9.17) is 9.47 Å². The summed E-state index contributed by atoms with van der Waals surface area (Å²) in [4.78, 5) is 0. The summed E-state index contributed by atoms with van der Waals surface area (Å²) in [5.74, 6) is 1.58. The van der Waals surface area contributed by atoms with Crippen molar-refractivity contribution in [3.63, 3.8) is 0 Å². The Morgan fingerprint density at radius 1 is 1.47 bits per heavy atom. The first-order chi connectivity index (χ1) is 7.26. The SMILES string of the molecule is CCC(C)Oc1[c-]cc(OC)cc1.[Zn+][Br]. The zero-order chi connectivity index (χ0) is 11.7. The van der Waals surface area contributed by atoms with Gasteiger partial charge in [0, 0.05) is 11.5 Å². The summed E-state index contributed by atoms with van der Waals surface area (Å²) in [5, 5.41) is 0. The summed E-state index contributed by atoms with van der Waals surface area (Å²) >= 11 is 4.25. The Morgan fingerprint density at radius 3 is 2.53 bits per heavy atom. The van der Waals surface area contributed by atoms with Gasteiger partial charge in [0.2, 0.25) is 0 Å². The molecule has 1 rings (SSSR count). The van der Waals surface area contributed by atoms with E-state index in [9.17, 15) is 0 Å². The third-order valence-electron chi connectivity index (χ3n) is 1.89. The van der Waals surface area contributed by atoms with Gasteiger partial charge in [0.15, 0.2) is 0 Å². The van der Waals surface area contributed by atoms with Gasteiger partial charge in [-0.1, -0.05) is 6.92 Å². The van der Waals surface area contributed by atoms with Crippen LogP contribution in [-0.2, 0) is 16.3 Å². The van der Waals surface area contributed by atoms with Crippen molar-refractivity contribution in [3.8, 4) is 11.5 Å². The molecule has 80 valence electrons. The molecule has 0 N–H and O–H groups in total. The van der Waals surface area contributed by atoms with Gasteiger partial charge in [-0.25, -0.2) is 0 Å². The molecule has 0 spiro atoms. The first-order valence-electron chi connectivity index (χ1n) is 4.75. The molecule has 0 fully saturated rings. The molecule has 0 heterocycles. The summed E-state index contributed by atoms with van der Waals surface area (Å²) in [6.07, 6.45) is 1.24. The van der Waals surface area contributed by atoms with E-state index in [0.29, 0.717) is 0 Å². The zero-order valence-corrected chi connectivity index (χ0v) is 14.0. The topological polar surface area (TPSA) is 18.5 Å².